The van der Waals surface area contributed by atoms with Crippen molar-refractivity contribution in [1.82, 2.24) is 0 Å². The standard InChI is InChI=1S/C22H23FO4/c1-13-10-16(12-18(25-4)21(13)26-5)19(23)20(24)15-6-7-17-14(11-15)8-9-22(2,3)27-17/h6-12,19H,1-5H3/i23-1. The largest absolute Gasteiger partial charge is 0.493 e. The minimum atomic E-state index is -1.80. The van der Waals surface area contributed by atoms with Crippen molar-refractivity contribution >= 4 is 11.9 Å². The second kappa shape index (κ2) is 7.06. The van der Waals surface area contributed by atoms with E-state index in [1.165, 1.54) is 20.3 Å². The Bertz CT molecular complexity index is 915. The highest BCUT2D eigenvalue weighted by Gasteiger charge is 2.26. The van der Waals surface area contributed by atoms with Crippen LogP contribution in [-0.4, -0.2) is 25.6 Å². The maximum atomic E-state index is 15.0. The molecule has 3 rings (SSSR count). The molecule has 0 saturated carbocycles. The van der Waals surface area contributed by atoms with E-state index in [9.17, 15) is 4.79 Å². The average Bonchev–Trinajstić information content (AvgIpc) is 2.65. The van der Waals surface area contributed by atoms with Gasteiger partial charge in [-0.3, -0.25) is 4.79 Å². The minimum absolute atomic E-state index is 0.237. The Balaban J connectivity index is 1.92. The number of methoxy groups -OCH3 is 2. The Morgan fingerprint density at radius 3 is 2.56 bits per heavy atom. The summed E-state index contributed by atoms with van der Waals surface area (Å²) in [5.41, 5.74) is 1.59. The lowest BCUT2D eigenvalue weighted by atomic mass is 9.95. The molecule has 2 aromatic rings. The fourth-order valence-corrected chi connectivity index (χ4v) is 3.16. The van der Waals surface area contributed by atoms with Crippen LogP contribution in [0.15, 0.2) is 36.4 Å². The summed E-state index contributed by atoms with van der Waals surface area (Å²) in [5.74, 6) is 0.991. The van der Waals surface area contributed by atoms with Crippen LogP contribution >= 0.6 is 0 Å². The van der Waals surface area contributed by atoms with Gasteiger partial charge < -0.3 is 14.2 Å². The topological polar surface area (TPSA) is 44.8 Å². The van der Waals surface area contributed by atoms with Gasteiger partial charge in [-0.2, -0.15) is 0 Å². The molecule has 4 nitrogen and oxygen atoms in total. The van der Waals surface area contributed by atoms with Crippen LogP contribution in [0.4, 0.5) is 4.39 Å². The van der Waals surface area contributed by atoms with Crippen LogP contribution in [-0.2, 0) is 0 Å². The van der Waals surface area contributed by atoms with Crippen molar-refractivity contribution in [3.63, 3.8) is 0 Å². The number of Topliss-reactive ketones (excluding diaryl/α,β-unsaturated/α-hetero) is 1. The molecule has 0 saturated heterocycles. The van der Waals surface area contributed by atoms with Crippen LogP contribution < -0.4 is 14.2 Å². The van der Waals surface area contributed by atoms with Crippen LogP contribution in [0.1, 0.15) is 47.1 Å². The van der Waals surface area contributed by atoms with Crippen molar-refractivity contribution in [2.24, 2.45) is 0 Å². The Morgan fingerprint density at radius 1 is 1.15 bits per heavy atom. The van der Waals surface area contributed by atoms with Crippen LogP contribution in [0.2, 0.25) is 0 Å². The summed E-state index contributed by atoms with van der Waals surface area (Å²) >= 11 is 0. The predicted molar refractivity (Wildman–Crippen MR) is 103 cm³/mol. The normalized spacial score (nSPS) is 15.5. The number of hydrogen-bond donors (Lipinski definition) is 0. The maximum Gasteiger partial charge on any atom is 0.201 e. The molecule has 1 aliphatic rings. The number of carbonyl (C=O) groups excluding carboxylic acids is 1. The second-order valence-electron chi connectivity index (χ2n) is 7.09. The summed E-state index contributed by atoms with van der Waals surface area (Å²) in [7, 11) is 3.00. The minimum Gasteiger partial charge on any atom is -0.493 e. The van der Waals surface area contributed by atoms with Gasteiger partial charge in [0.25, 0.3) is 0 Å². The highest BCUT2D eigenvalue weighted by atomic mass is 18.2. The lowest BCUT2D eigenvalue weighted by molar-refractivity contribution is 0.0877. The Morgan fingerprint density at radius 2 is 1.89 bits per heavy atom. The third-order valence-corrected chi connectivity index (χ3v) is 4.54. The molecule has 0 fully saturated rings. The van der Waals surface area contributed by atoms with Crippen molar-refractivity contribution in [3.8, 4) is 17.2 Å². The van der Waals surface area contributed by atoms with Crippen molar-refractivity contribution in [2.75, 3.05) is 14.2 Å². The molecule has 0 amide bonds. The fourth-order valence-electron chi connectivity index (χ4n) is 3.16. The van der Waals surface area contributed by atoms with Crippen molar-refractivity contribution in [2.45, 2.75) is 32.5 Å². The van der Waals surface area contributed by atoms with Gasteiger partial charge in [0.15, 0.2) is 17.7 Å². The Hall–Kier alpha value is -2.82. The second-order valence-corrected chi connectivity index (χ2v) is 7.09. The van der Waals surface area contributed by atoms with Crippen molar-refractivity contribution in [1.29, 1.82) is 0 Å². The van der Waals surface area contributed by atoms with Gasteiger partial charge in [0, 0.05) is 11.1 Å². The highest BCUT2D eigenvalue weighted by Crippen LogP contribution is 2.37. The summed E-state index contributed by atoms with van der Waals surface area (Å²) in [6.45, 7) is 5.68. The highest BCUT2D eigenvalue weighted by molar-refractivity contribution is 6.00. The van der Waals surface area contributed by atoms with Crippen LogP contribution in [0.3, 0.4) is 0 Å². The average molecular weight is 369 g/mol. The first-order valence-electron chi connectivity index (χ1n) is 8.69. The van der Waals surface area contributed by atoms with Gasteiger partial charge in [0.2, 0.25) is 5.78 Å². The number of ketones is 1. The van der Waals surface area contributed by atoms with Crippen LogP contribution in [0.5, 0.6) is 17.2 Å². The number of alkyl halides is 1. The van der Waals surface area contributed by atoms with E-state index in [2.05, 4.69) is 0 Å². The molecule has 0 aliphatic carbocycles. The lowest BCUT2D eigenvalue weighted by Crippen LogP contribution is -2.27. The molecular formula is C22H23FO4. The number of carbonyl (C=O) groups is 1. The van der Waals surface area contributed by atoms with E-state index >= 15 is 4.39 Å². The van der Waals surface area contributed by atoms with Gasteiger partial charge >= 0.3 is 0 Å². The number of fused-ring (bicyclic) bond motifs is 1. The van der Waals surface area contributed by atoms with E-state index in [4.69, 9.17) is 14.2 Å². The number of rotatable bonds is 5. The van der Waals surface area contributed by atoms with Crippen LogP contribution in [0.25, 0.3) is 6.08 Å². The third kappa shape index (κ3) is 3.68. The van der Waals surface area contributed by atoms with Gasteiger partial charge in [0.05, 0.1) is 14.2 Å². The zero-order chi connectivity index (χ0) is 19.8. The van der Waals surface area contributed by atoms with Gasteiger partial charge in [-0.1, -0.05) is 6.08 Å². The quantitative estimate of drug-likeness (QED) is 0.689. The molecule has 1 heterocycles. The molecule has 0 radical (unpaired) electrons. The first-order chi connectivity index (χ1) is 12.8. The zero-order valence-electron chi connectivity index (χ0n) is 16.1. The number of hydrogen-bond acceptors (Lipinski definition) is 4. The molecule has 2 aromatic carbocycles. The summed E-state index contributed by atoms with van der Waals surface area (Å²) in [6.07, 6.45) is 2.00. The number of benzene rings is 2. The molecule has 1 unspecified atom stereocenters. The first kappa shape index (κ1) is 19.0. The predicted octanol–water partition coefficient (Wildman–Crippen LogP) is 5.09. The SMILES string of the molecule is COc1cc(C([18F])C(=O)c2ccc3c(c2)C=CC(C)(C)O3)cc(C)c1OC. The molecule has 5 heteroatoms. The van der Waals surface area contributed by atoms with Gasteiger partial charge in [-0.15, -0.1) is 0 Å². The molecule has 1 aliphatic heterocycles. The van der Waals surface area contributed by atoms with Crippen LogP contribution in [0, 0.1) is 6.92 Å². The first-order valence-corrected chi connectivity index (χ1v) is 8.69. The molecule has 0 aromatic heterocycles. The summed E-state index contributed by atoms with van der Waals surface area (Å²) < 4.78 is 31.4. The Labute approximate surface area is 158 Å². The molecule has 142 valence electrons. The Kier molecular flexibility index (Phi) is 4.96. The molecule has 1 atom stereocenters. The van der Waals surface area contributed by atoms with Gasteiger partial charge in [-0.05, 0) is 68.3 Å². The van der Waals surface area contributed by atoms with Gasteiger partial charge in [0.1, 0.15) is 11.4 Å². The molecule has 27 heavy (non-hydrogen) atoms. The summed E-state index contributed by atoms with van der Waals surface area (Å²) in [6, 6.07) is 8.06. The van der Waals surface area contributed by atoms with E-state index in [0.29, 0.717) is 28.4 Å². The number of ether oxygens (including phenoxy) is 3. The lowest BCUT2D eigenvalue weighted by Gasteiger charge is -2.28. The van der Waals surface area contributed by atoms with Crippen molar-refractivity contribution < 1.29 is 23.4 Å². The molecule has 0 bridgehead atoms. The summed E-state index contributed by atoms with van der Waals surface area (Å²) in [5, 5.41) is 0. The number of aryl methyl sites for hydroxylation is 1. The smallest absolute Gasteiger partial charge is 0.201 e. The van der Waals surface area contributed by atoms with E-state index in [1.54, 1.807) is 31.2 Å². The number of halogens is 1. The van der Waals surface area contributed by atoms with E-state index in [1.807, 2.05) is 26.0 Å². The van der Waals surface area contributed by atoms with E-state index < -0.39 is 17.6 Å². The van der Waals surface area contributed by atoms with E-state index in [-0.39, 0.29) is 5.56 Å². The molecule has 0 spiro atoms. The fraction of sp³-hybridized carbons (Fsp3) is 0.318. The van der Waals surface area contributed by atoms with Crippen molar-refractivity contribution in [3.05, 3.63) is 58.7 Å². The molecular weight excluding hydrogens is 346 g/mol. The van der Waals surface area contributed by atoms with Gasteiger partial charge in [-0.25, -0.2) is 4.39 Å². The monoisotopic (exact) mass is 369 g/mol. The third-order valence-electron chi connectivity index (χ3n) is 4.54. The zero-order valence-corrected chi connectivity index (χ0v) is 16.1. The molecule has 0 N–H and O–H groups in total. The maximum absolute atomic E-state index is 15.0. The van der Waals surface area contributed by atoms with E-state index in [0.717, 1.165) is 5.56 Å². The summed E-state index contributed by atoms with van der Waals surface area (Å²) in [4.78, 5) is 12.7.